The van der Waals surface area contributed by atoms with Gasteiger partial charge >= 0.3 is 6.09 Å². The number of aromatic nitrogens is 1. The smallest absolute Gasteiger partial charge is 0.408 e. The molecule has 0 radical (unpaired) electrons. The number of thiophene rings is 1. The highest BCUT2D eigenvalue weighted by molar-refractivity contribution is 7.15. The molecule has 2 heterocycles. The maximum Gasteiger partial charge on any atom is 0.408 e. The zero-order valence-electron chi connectivity index (χ0n) is 15.3. The number of amides is 2. The quantitative estimate of drug-likeness (QED) is 0.679. The molecule has 0 saturated heterocycles. The number of nitrogens with one attached hydrogen (secondary N) is 2. The minimum Gasteiger partial charge on any atom is -0.444 e. The fourth-order valence-electron chi connectivity index (χ4n) is 2.38. The highest BCUT2D eigenvalue weighted by atomic mass is 32.1. The molecule has 0 bridgehead atoms. The second-order valence-corrected chi connectivity index (χ2v) is 7.43. The summed E-state index contributed by atoms with van der Waals surface area (Å²) in [5, 5.41) is 13.6. The van der Waals surface area contributed by atoms with Gasteiger partial charge in [0.1, 0.15) is 19.2 Å². The summed E-state index contributed by atoms with van der Waals surface area (Å²) in [6, 6.07) is 10.6. The summed E-state index contributed by atoms with van der Waals surface area (Å²) >= 11 is 1.49. The van der Waals surface area contributed by atoms with E-state index in [2.05, 4.69) is 15.6 Å². The Morgan fingerprint density at radius 1 is 1.30 bits per heavy atom. The molecule has 2 rings (SSSR count). The number of nitrogens with zero attached hydrogens (tertiary/aromatic N) is 2. The van der Waals surface area contributed by atoms with E-state index in [-0.39, 0.29) is 19.1 Å². The van der Waals surface area contributed by atoms with Crippen LogP contribution in [0.5, 0.6) is 0 Å². The largest absolute Gasteiger partial charge is 0.444 e. The molecule has 0 aliphatic heterocycles. The maximum absolute atomic E-state index is 12.1. The summed E-state index contributed by atoms with van der Waals surface area (Å²) in [4.78, 5) is 30.3. The van der Waals surface area contributed by atoms with Crippen molar-refractivity contribution in [2.45, 2.75) is 32.9 Å². The summed E-state index contributed by atoms with van der Waals surface area (Å²) in [5.41, 5.74) is 0.865. The predicted molar refractivity (Wildman–Crippen MR) is 103 cm³/mol. The topological polar surface area (TPSA) is 104 Å². The van der Waals surface area contributed by atoms with Gasteiger partial charge in [0.2, 0.25) is 5.91 Å². The fraction of sp³-hybridized carbons (Fsp3) is 0.368. The van der Waals surface area contributed by atoms with E-state index in [0.717, 1.165) is 15.4 Å². The average Bonchev–Trinajstić information content (AvgIpc) is 3.13. The van der Waals surface area contributed by atoms with E-state index >= 15 is 0 Å². The van der Waals surface area contributed by atoms with Crippen LogP contribution in [-0.4, -0.2) is 29.6 Å². The van der Waals surface area contributed by atoms with E-state index in [9.17, 15) is 9.59 Å². The van der Waals surface area contributed by atoms with Gasteiger partial charge in [-0.25, -0.2) is 4.79 Å². The van der Waals surface area contributed by atoms with Crippen molar-refractivity contribution in [1.82, 2.24) is 15.6 Å². The minimum atomic E-state index is -0.738. The second-order valence-electron chi connectivity index (χ2n) is 6.26. The van der Waals surface area contributed by atoms with Gasteiger partial charge in [0.25, 0.3) is 0 Å². The highest BCUT2D eigenvalue weighted by Crippen LogP contribution is 2.26. The van der Waals surface area contributed by atoms with Crippen LogP contribution in [0.1, 0.15) is 25.1 Å². The first-order chi connectivity index (χ1) is 13.0. The molecule has 0 fully saturated rings. The van der Waals surface area contributed by atoms with E-state index in [0.29, 0.717) is 6.42 Å². The van der Waals surface area contributed by atoms with Gasteiger partial charge in [0.15, 0.2) is 0 Å². The molecular weight excluding hydrogens is 364 g/mol. The Balaban J connectivity index is 1.89. The first kappa shape index (κ1) is 20.4. The summed E-state index contributed by atoms with van der Waals surface area (Å²) < 4.78 is 5.24. The number of carbonyl (C=O) groups is 2. The molecule has 8 heteroatoms. The number of hydrogen-bond donors (Lipinski definition) is 2. The monoisotopic (exact) mass is 386 g/mol. The number of ether oxygens (including phenoxy) is 1. The van der Waals surface area contributed by atoms with Gasteiger partial charge in [0.05, 0.1) is 16.6 Å². The standard InChI is InChI=1S/C19H22N4O3S/c1-13(2)11-16(18(24)22-10-8-20)23-19(25)26-12-14-6-7-17(27-14)15-5-3-4-9-21-15/h3-7,9,13,16H,10-12H2,1-2H3,(H,22,24)(H,23,25). The van der Waals surface area contributed by atoms with E-state index in [1.54, 1.807) is 6.20 Å². The van der Waals surface area contributed by atoms with Crippen LogP contribution in [0.15, 0.2) is 36.5 Å². The lowest BCUT2D eigenvalue weighted by atomic mass is 10.0. The minimum absolute atomic E-state index is 0.102. The molecule has 7 nitrogen and oxygen atoms in total. The lowest BCUT2D eigenvalue weighted by molar-refractivity contribution is -0.123. The van der Waals surface area contributed by atoms with E-state index in [1.807, 2.05) is 50.2 Å². The lowest BCUT2D eigenvalue weighted by Crippen LogP contribution is -2.47. The van der Waals surface area contributed by atoms with Gasteiger partial charge in [0, 0.05) is 11.1 Å². The van der Waals surface area contributed by atoms with E-state index in [1.165, 1.54) is 11.3 Å². The predicted octanol–water partition coefficient (Wildman–Crippen LogP) is 3.09. The molecule has 2 amide bonds. The normalized spacial score (nSPS) is 11.5. The number of alkyl carbamates (subject to hydrolysis) is 1. The summed E-state index contributed by atoms with van der Waals surface area (Å²) in [5.74, 6) is -0.197. The van der Waals surface area contributed by atoms with Crippen LogP contribution in [0, 0.1) is 17.2 Å². The van der Waals surface area contributed by atoms with Crippen molar-refractivity contribution in [3.05, 3.63) is 41.4 Å². The molecule has 2 aromatic heterocycles. The maximum atomic E-state index is 12.1. The Morgan fingerprint density at radius 2 is 2.11 bits per heavy atom. The lowest BCUT2D eigenvalue weighted by Gasteiger charge is -2.19. The van der Waals surface area contributed by atoms with Crippen LogP contribution in [0.25, 0.3) is 10.6 Å². The molecule has 27 heavy (non-hydrogen) atoms. The van der Waals surface area contributed by atoms with Crippen LogP contribution in [-0.2, 0) is 16.1 Å². The first-order valence-corrected chi connectivity index (χ1v) is 9.39. The molecule has 2 N–H and O–H groups in total. The molecule has 2 aromatic rings. The van der Waals surface area contributed by atoms with Gasteiger partial charge < -0.3 is 15.4 Å². The van der Waals surface area contributed by atoms with Crippen LogP contribution in [0.4, 0.5) is 4.79 Å². The zero-order valence-corrected chi connectivity index (χ0v) is 16.1. The van der Waals surface area contributed by atoms with Crippen LogP contribution in [0.3, 0.4) is 0 Å². The number of carbonyl (C=O) groups excluding carboxylic acids is 2. The summed E-state index contributed by atoms with van der Waals surface area (Å²) in [7, 11) is 0. The van der Waals surface area contributed by atoms with E-state index < -0.39 is 18.0 Å². The zero-order chi connectivity index (χ0) is 19.6. The van der Waals surface area contributed by atoms with Crippen molar-refractivity contribution in [1.29, 1.82) is 5.26 Å². The van der Waals surface area contributed by atoms with Crippen LogP contribution in [0.2, 0.25) is 0 Å². The van der Waals surface area contributed by atoms with Crippen molar-refractivity contribution in [3.8, 4) is 16.6 Å². The molecule has 0 aliphatic rings. The average molecular weight is 386 g/mol. The molecule has 0 aromatic carbocycles. The van der Waals surface area contributed by atoms with Gasteiger partial charge in [-0.3, -0.25) is 9.78 Å². The van der Waals surface area contributed by atoms with Gasteiger partial charge in [-0.1, -0.05) is 19.9 Å². The van der Waals surface area contributed by atoms with Gasteiger partial charge in [-0.2, -0.15) is 5.26 Å². The summed E-state index contributed by atoms with van der Waals surface area (Å²) in [6.07, 6.45) is 1.51. The Kier molecular flexibility index (Phi) is 7.77. The molecule has 0 spiro atoms. The Labute approximate surface area is 162 Å². The molecule has 1 unspecified atom stereocenters. The molecule has 0 saturated carbocycles. The van der Waals surface area contributed by atoms with Crippen molar-refractivity contribution in [2.24, 2.45) is 5.92 Å². The number of hydrogen-bond acceptors (Lipinski definition) is 6. The third-order valence-electron chi connectivity index (χ3n) is 3.58. The number of pyridine rings is 1. The first-order valence-electron chi connectivity index (χ1n) is 8.57. The molecular formula is C19H22N4O3S. The van der Waals surface area contributed by atoms with Crippen molar-refractivity contribution < 1.29 is 14.3 Å². The Bertz CT molecular complexity index is 799. The van der Waals surface area contributed by atoms with Crippen molar-refractivity contribution >= 4 is 23.3 Å². The number of nitriles is 1. The van der Waals surface area contributed by atoms with Gasteiger partial charge in [-0.05, 0) is 36.6 Å². The summed E-state index contributed by atoms with van der Waals surface area (Å²) in [6.45, 7) is 3.90. The third kappa shape index (κ3) is 6.72. The van der Waals surface area contributed by atoms with Crippen molar-refractivity contribution in [2.75, 3.05) is 6.54 Å². The highest BCUT2D eigenvalue weighted by Gasteiger charge is 2.22. The Hall–Kier alpha value is -2.92. The van der Waals surface area contributed by atoms with Crippen molar-refractivity contribution in [3.63, 3.8) is 0 Å². The molecule has 1 atom stereocenters. The van der Waals surface area contributed by atoms with Gasteiger partial charge in [-0.15, -0.1) is 11.3 Å². The van der Waals surface area contributed by atoms with E-state index in [4.69, 9.17) is 10.00 Å². The van der Waals surface area contributed by atoms with Crippen LogP contribution < -0.4 is 10.6 Å². The fourth-order valence-corrected chi connectivity index (χ4v) is 3.27. The molecule has 0 aliphatic carbocycles. The van der Waals surface area contributed by atoms with Crippen LogP contribution >= 0.6 is 11.3 Å². The SMILES string of the molecule is CC(C)CC(NC(=O)OCc1ccc(-c2ccccn2)s1)C(=O)NCC#N. The molecule has 142 valence electrons. The number of rotatable bonds is 8. The Morgan fingerprint density at radius 3 is 2.78 bits per heavy atom. The third-order valence-corrected chi connectivity index (χ3v) is 4.66. The second kappa shape index (κ2) is 10.3.